The standard InChI is InChI=1S/C15H29N3/c1-15(2,13-16)8-4-5-11-18(3)12-14-6-9-17-10-7-14/h14,17H,4-12H2,1-3H3. The minimum Gasteiger partial charge on any atom is -0.317 e. The van der Waals surface area contributed by atoms with Crippen LogP contribution in [-0.4, -0.2) is 38.1 Å². The van der Waals surface area contributed by atoms with Crippen LogP contribution in [0.5, 0.6) is 0 Å². The minimum atomic E-state index is -0.145. The van der Waals surface area contributed by atoms with Crippen molar-refractivity contribution < 1.29 is 0 Å². The minimum absolute atomic E-state index is 0.145. The smallest absolute Gasteiger partial charge is 0.0683 e. The molecule has 18 heavy (non-hydrogen) atoms. The van der Waals surface area contributed by atoms with Gasteiger partial charge in [0.1, 0.15) is 0 Å². The van der Waals surface area contributed by atoms with E-state index < -0.39 is 0 Å². The molecule has 0 aromatic carbocycles. The summed E-state index contributed by atoms with van der Waals surface area (Å²) >= 11 is 0. The lowest BCUT2D eigenvalue weighted by atomic mass is 9.89. The summed E-state index contributed by atoms with van der Waals surface area (Å²) in [5.41, 5.74) is -0.145. The highest BCUT2D eigenvalue weighted by Gasteiger charge is 2.17. The van der Waals surface area contributed by atoms with Gasteiger partial charge in [-0.1, -0.05) is 6.42 Å². The number of rotatable bonds is 7. The lowest BCUT2D eigenvalue weighted by Gasteiger charge is -2.27. The molecule has 3 nitrogen and oxygen atoms in total. The number of nitriles is 1. The summed E-state index contributed by atoms with van der Waals surface area (Å²) in [5.74, 6) is 0.881. The molecule has 0 unspecified atom stereocenters. The molecular weight excluding hydrogens is 222 g/mol. The molecule has 0 atom stereocenters. The topological polar surface area (TPSA) is 39.1 Å². The number of piperidine rings is 1. The average molecular weight is 251 g/mol. The monoisotopic (exact) mass is 251 g/mol. The Bertz CT molecular complexity index is 261. The van der Waals surface area contributed by atoms with E-state index in [1.807, 2.05) is 13.8 Å². The molecule has 0 aliphatic carbocycles. The van der Waals surface area contributed by atoms with Gasteiger partial charge in [-0.3, -0.25) is 0 Å². The summed E-state index contributed by atoms with van der Waals surface area (Å²) in [7, 11) is 2.23. The highest BCUT2D eigenvalue weighted by atomic mass is 15.1. The zero-order valence-corrected chi connectivity index (χ0v) is 12.3. The lowest BCUT2D eigenvalue weighted by molar-refractivity contribution is 0.234. The van der Waals surface area contributed by atoms with E-state index in [0.29, 0.717) is 0 Å². The zero-order valence-electron chi connectivity index (χ0n) is 12.3. The molecule has 0 radical (unpaired) electrons. The Morgan fingerprint density at radius 3 is 2.56 bits per heavy atom. The summed E-state index contributed by atoms with van der Waals surface area (Å²) in [4.78, 5) is 2.47. The second kappa shape index (κ2) is 7.76. The van der Waals surface area contributed by atoms with Gasteiger partial charge in [0.2, 0.25) is 0 Å². The van der Waals surface area contributed by atoms with E-state index in [-0.39, 0.29) is 5.41 Å². The van der Waals surface area contributed by atoms with Gasteiger partial charge in [-0.05, 0) is 72.1 Å². The Balaban J connectivity index is 2.06. The summed E-state index contributed by atoms with van der Waals surface area (Å²) < 4.78 is 0. The van der Waals surface area contributed by atoms with Gasteiger partial charge in [0.25, 0.3) is 0 Å². The van der Waals surface area contributed by atoms with Crippen LogP contribution in [0.1, 0.15) is 46.0 Å². The van der Waals surface area contributed by atoms with Crippen LogP contribution in [0.25, 0.3) is 0 Å². The van der Waals surface area contributed by atoms with Gasteiger partial charge in [-0.25, -0.2) is 0 Å². The Morgan fingerprint density at radius 2 is 1.94 bits per heavy atom. The molecule has 1 N–H and O–H groups in total. The first-order valence-electron chi connectivity index (χ1n) is 7.34. The largest absolute Gasteiger partial charge is 0.317 e. The molecule has 0 saturated carbocycles. The normalized spacial score (nSPS) is 17.9. The first-order chi connectivity index (χ1) is 8.53. The highest BCUT2D eigenvalue weighted by molar-refractivity contribution is 4.91. The summed E-state index contributed by atoms with van der Waals surface area (Å²) in [6.45, 7) is 8.86. The summed E-state index contributed by atoms with van der Waals surface area (Å²) in [6.07, 6.45) is 6.05. The van der Waals surface area contributed by atoms with E-state index in [4.69, 9.17) is 5.26 Å². The third-order valence-electron chi connectivity index (χ3n) is 3.92. The molecule has 3 heteroatoms. The maximum Gasteiger partial charge on any atom is 0.0683 e. The number of nitrogens with zero attached hydrogens (tertiary/aromatic N) is 2. The van der Waals surface area contributed by atoms with Crippen LogP contribution in [0.4, 0.5) is 0 Å². The molecule has 0 spiro atoms. The molecule has 1 rings (SSSR count). The fourth-order valence-corrected chi connectivity index (χ4v) is 2.60. The Labute approximate surface area is 113 Å². The first kappa shape index (κ1) is 15.5. The van der Waals surface area contributed by atoms with Crippen molar-refractivity contribution in [3.8, 4) is 6.07 Å². The first-order valence-corrected chi connectivity index (χ1v) is 7.34. The Morgan fingerprint density at radius 1 is 1.28 bits per heavy atom. The van der Waals surface area contributed by atoms with E-state index in [1.54, 1.807) is 0 Å². The van der Waals surface area contributed by atoms with E-state index in [0.717, 1.165) is 18.8 Å². The second-order valence-electron chi connectivity index (χ2n) is 6.41. The molecule has 0 bridgehead atoms. The number of unbranched alkanes of at least 4 members (excludes halogenated alkanes) is 1. The molecule has 1 heterocycles. The van der Waals surface area contributed by atoms with Gasteiger partial charge in [-0.15, -0.1) is 0 Å². The molecule has 0 amide bonds. The van der Waals surface area contributed by atoms with Crippen LogP contribution in [-0.2, 0) is 0 Å². The third-order valence-corrected chi connectivity index (χ3v) is 3.92. The van der Waals surface area contributed by atoms with Gasteiger partial charge in [0.05, 0.1) is 11.5 Å². The van der Waals surface area contributed by atoms with Crippen LogP contribution in [0, 0.1) is 22.7 Å². The molecular formula is C15H29N3. The highest BCUT2D eigenvalue weighted by Crippen LogP contribution is 2.21. The van der Waals surface area contributed by atoms with Gasteiger partial charge in [-0.2, -0.15) is 5.26 Å². The fraction of sp³-hybridized carbons (Fsp3) is 0.933. The van der Waals surface area contributed by atoms with Gasteiger partial charge in [0, 0.05) is 6.54 Å². The third kappa shape index (κ3) is 6.37. The Kier molecular flexibility index (Phi) is 6.67. The predicted molar refractivity (Wildman–Crippen MR) is 76.3 cm³/mol. The van der Waals surface area contributed by atoms with E-state index in [9.17, 15) is 0 Å². The number of hydrogen-bond donors (Lipinski definition) is 1. The zero-order chi connectivity index (χ0) is 13.4. The maximum atomic E-state index is 8.95. The lowest BCUT2D eigenvalue weighted by Crippen LogP contribution is -2.34. The quantitative estimate of drug-likeness (QED) is 0.707. The molecule has 0 aromatic rings. The number of nitrogens with one attached hydrogen (secondary N) is 1. The number of hydrogen-bond acceptors (Lipinski definition) is 3. The van der Waals surface area contributed by atoms with E-state index >= 15 is 0 Å². The molecule has 1 saturated heterocycles. The van der Waals surface area contributed by atoms with Crippen molar-refractivity contribution in [3.63, 3.8) is 0 Å². The van der Waals surface area contributed by atoms with Crippen LogP contribution in [0.3, 0.4) is 0 Å². The van der Waals surface area contributed by atoms with Crippen molar-refractivity contribution >= 4 is 0 Å². The van der Waals surface area contributed by atoms with E-state index in [2.05, 4.69) is 23.3 Å². The average Bonchev–Trinajstić information content (AvgIpc) is 2.36. The van der Waals surface area contributed by atoms with Crippen LogP contribution in [0.15, 0.2) is 0 Å². The molecule has 104 valence electrons. The van der Waals surface area contributed by atoms with Crippen molar-refractivity contribution in [1.29, 1.82) is 5.26 Å². The summed E-state index contributed by atoms with van der Waals surface area (Å²) in [5, 5.41) is 12.4. The molecule has 1 aliphatic rings. The maximum absolute atomic E-state index is 8.95. The molecule has 1 fully saturated rings. The van der Waals surface area contributed by atoms with Crippen molar-refractivity contribution in [2.24, 2.45) is 11.3 Å². The van der Waals surface area contributed by atoms with Crippen LogP contribution >= 0.6 is 0 Å². The fourth-order valence-electron chi connectivity index (χ4n) is 2.60. The van der Waals surface area contributed by atoms with Gasteiger partial charge >= 0.3 is 0 Å². The SMILES string of the molecule is CN(CCCCC(C)(C)C#N)CC1CCNCC1. The van der Waals surface area contributed by atoms with Crippen molar-refractivity contribution in [2.75, 3.05) is 33.2 Å². The summed E-state index contributed by atoms with van der Waals surface area (Å²) in [6, 6.07) is 2.37. The van der Waals surface area contributed by atoms with Gasteiger partial charge in [0.15, 0.2) is 0 Å². The van der Waals surface area contributed by atoms with Crippen LogP contribution < -0.4 is 5.32 Å². The second-order valence-corrected chi connectivity index (χ2v) is 6.41. The molecule has 0 aromatic heterocycles. The predicted octanol–water partition coefficient (Wildman–Crippen LogP) is 2.64. The Hall–Kier alpha value is -0.590. The van der Waals surface area contributed by atoms with Gasteiger partial charge < -0.3 is 10.2 Å². The van der Waals surface area contributed by atoms with Crippen molar-refractivity contribution in [1.82, 2.24) is 10.2 Å². The van der Waals surface area contributed by atoms with E-state index in [1.165, 1.54) is 45.4 Å². The van der Waals surface area contributed by atoms with Crippen molar-refractivity contribution in [2.45, 2.75) is 46.0 Å². The van der Waals surface area contributed by atoms with Crippen LogP contribution in [0.2, 0.25) is 0 Å². The van der Waals surface area contributed by atoms with Crippen molar-refractivity contribution in [3.05, 3.63) is 0 Å². The molecule has 1 aliphatic heterocycles.